The Kier molecular flexibility index (Phi) is 5.76. The van der Waals surface area contributed by atoms with Crippen LogP contribution in [-0.4, -0.2) is 45.3 Å². The van der Waals surface area contributed by atoms with Crippen LogP contribution in [0.3, 0.4) is 0 Å². The minimum atomic E-state index is -0.508. The zero-order valence-electron chi connectivity index (χ0n) is 19.7. The molecule has 1 N–H and O–H groups in total. The summed E-state index contributed by atoms with van der Waals surface area (Å²) in [5, 5.41) is 5.22. The molecule has 0 bridgehead atoms. The van der Waals surface area contributed by atoms with Gasteiger partial charge in [0.2, 0.25) is 0 Å². The normalized spacial score (nSPS) is 19.4. The fourth-order valence-electron chi connectivity index (χ4n) is 4.79. The van der Waals surface area contributed by atoms with Crippen molar-refractivity contribution in [1.29, 1.82) is 0 Å². The third-order valence-electron chi connectivity index (χ3n) is 6.43. The summed E-state index contributed by atoms with van der Waals surface area (Å²) in [4.78, 5) is 23.2. The van der Waals surface area contributed by atoms with Gasteiger partial charge in [0.15, 0.2) is 0 Å². The Bertz CT molecular complexity index is 1220. The molecule has 178 valence electrons. The molecule has 2 aliphatic heterocycles. The molecule has 1 atom stereocenters. The molecule has 3 heterocycles. The van der Waals surface area contributed by atoms with Crippen molar-refractivity contribution < 1.29 is 14.3 Å². The molecule has 1 amide bonds. The third-order valence-corrected chi connectivity index (χ3v) is 6.67. The fraction of sp³-hybridized carbons (Fsp3) is 0.423. The first kappa shape index (κ1) is 22.7. The number of nitrogens with zero attached hydrogens (tertiary/aromatic N) is 3. The predicted octanol–water partition coefficient (Wildman–Crippen LogP) is 5.99. The van der Waals surface area contributed by atoms with E-state index in [0.717, 1.165) is 47.3 Å². The molecule has 0 radical (unpaired) electrons. The molecule has 2 aliphatic rings. The van der Waals surface area contributed by atoms with E-state index in [9.17, 15) is 4.79 Å². The quantitative estimate of drug-likeness (QED) is 0.485. The van der Waals surface area contributed by atoms with Crippen LogP contribution in [0.15, 0.2) is 48.8 Å². The summed E-state index contributed by atoms with van der Waals surface area (Å²) in [6, 6.07) is 13.8. The average Bonchev–Trinajstić information content (AvgIpc) is 2.78. The Morgan fingerprint density at radius 2 is 1.94 bits per heavy atom. The van der Waals surface area contributed by atoms with Crippen LogP contribution in [-0.2, 0) is 4.74 Å². The number of likely N-dealkylation sites (tertiary alicyclic amines) is 1. The van der Waals surface area contributed by atoms with E-state index in [1.807, 2.05) is 57.2 Å². The molecular weight excluding hydrogens is 452 g/mol. The van der Waals surface area contributed by atoms with Crippen molar-refractivity contribution in [2.45, 2.75) is 57.3 Å². The van der Waals surface area contributed by atoms with Crippen molar-refractivity contribution in [3.05, 3.63) is 59.4 Å². The van der Waals surface area contributed by atoms with Crippen molar-refractivity contribution in [3.63, 3.8) is 0 Å². The molecule has 1 saturated heterocycles. The van der Waals surface area contributed by atoms with Crippen LogP contribution in [0.4, 0.5) is 10.6 Å². The summed E-state index contributed by atoms with van der Waals surface area (Å²) in [7, 11) is 0. The zero-order valence-corrected chi connectivity index (χ0v) is 20.4. The Balaban J connectivity index is 1.39. The summed E-state index contributed by atoms with van der Waals surface area (Å²) in [5.74, 6) is 1.64. The second-order valence-electron chi connectivity index (χ2n) is 10.1. The summed E-state index contributed by atoms with van der Waals surface area (Å²) < 4.78 is 12.2. The molecule has 1 spiro atoms. The molecule has 34 heavy (non-hydrogen) atoms. The highest BCUT2D eigenvalue weighted by molar-refractivity contribution is 6.31. The van der Waals surface area contributed by atoms with E-state index >= 15 is 0 Å². The second kappa shape index (κ2) is 8.62. The van der Waals surface area contributed by atoms with Crippen molar-refractivity contribution in [2.75, 3.05) is 18.4 Å². The van der Waals surface area contributed by atoms with Gasteiger partial charge in [-0.25, -0.2) is 14.8 Å². The van der Waals surface area contributed by atoms with Gasteiger partial charge in [0.1, 0.15) is 29.1 Å². The highest BCUT2D eigenvalue weighted by atomic mass is 35.5. The number of para-hydroxylation sites is 1. The second-order valence-corrected chi connectivity index (χ2v) is 10.5. The Morgan fingerprint density at radius 3 is 2.71 bits per heavy atom. The Hall–Kier alpha value is -3.06. The van der Waals surface area contributed by atoms with E-state index in [4.69, 9.17) is 21.1 Å². The monoisotopic (exact) mass is 480 g/mol. The van der Waals surface area contributed by atoms with Gasteiger partial charge >= 0.3 is 6.09 Å². The van der Waals surface area contributed by atoms with Gasteiger partial charge in [-0.3, -0.25) is 0 Å². The van der Waals surface area contributed by atoms with Crippen molar-refractivity contribution in [1.82, 2.24) is 14.9 Å². The Labute approximate surface area is 204 Å². The van der Waals surface area contributed by atoms with Gasteiger partial charge < -0.3 is 19.7 Å². The van der Waals surface area contributed by atoms with E-state index in [0.29, 0.717) is 18.1 Å². The van der Waals surface area contributed by atoms with Gasteiger partial charge in [0, 0.05) is 48.3 Å². The molecule has 3 aromatic rings. The van der Waals surface area contributed by atoms with Crippen LogP contribution >= 0.6 is 11.6 Å². The number of benzene rings is 2. The van der Waals surface area contributed by atoms with Gasteiger partial charge in [-0.15, -0.1) is 0 Å². The van der Waals surface area contributed by atoms with E-state index in [1.54, 1.807) is 11.2 Å². The van der Waals surface area contributed by atoms with Gasteiger partial charge in [-0.2, -0.15) is 0 Å². The lowest BCUT2D eigenvalue weighted by molar-refractivity contribution is -0.0308. The Morgan fingerprint density at radius 1 is 1.18 bits per heavy atom. The summed E-state index contributed by atoms with van der Waals surface area (Å²) in [5.41, 5.74) is 1.03. The van der Waals surface area contributed by atoms with Crippen LogP contribution < -0.4 is 10.1 Å². The first-order chi connectivity index (χ1) is 16.2. The number of carbonyl (C=O) groups is 1. The topological polar surface area (TPSA) is 76.6 Å². The molecule has 5 rings (SSSR count). The molecule has 1 aromatic heterocycles. The van der Waals surface area contributed by atoms with E-state index < -0.39 is 5.60 Å². The number of carbonyl (C=O) groups excluding carboxylic acids is 1. The highest BCUT2D eigenvalue weighted by Gasteiger charge is 2.44. The predicted molar refractivity (Wildman–Crippen MR) is 132 cm³/mol. The minimum absolute atomic E-state index is 0.00630. The maximum Gasteiger partial charge on any atom is 0.410 e. The standard InChI is InChI=1S/C26H29ClN4O3/c1-25(2,3)34-24(32)31-12-10-26(11-13-31)15-21(18-6-4-5-7-22(18)33-26)30-23-19-9-8-17(27)14-20(19)28-16-29-23/h4-9,14,16,21H,10-13,15H2,1-3H3,(H,28,29,30). The smallest absolute Gasteiger partial charge is 0.410 e. The number of hydrogen-bond acceptors (Lipinski definition) is 6. The number of piperidine rings is 1. The minimum Gasteiger partial charge on any atom is -0.487 e. The maximum atomic E-state index is 12.6. The van der Waals surface area contributed by atoms with Crippen LogP contribution in [0.5, 0.6) is 5.75 Å². The van der Waals surface area contributed by atoms with Crippen LogP contribution in [0, 0.1) is 0 Å². The number of rotatable bonds is 2. The number of anilines is 1. The SMILES string of the molecule is CC(C)(C)OC(=O)N1CCC2(CC1)CC(Nc1ncnc3cc(Cl)ccc13)c1ccccc1O2. The average molecular weight is 481 g/mol. The fourth-order valence-corrected chi connectivity index (χ4v) is 4.95. The molecule has 1 fully saturated rings. The molecule has 7 nitrogen and oxygen atoms in total. The number of halogens is 1. The first-order valence-electron chi connectivity index (χ1n) is 11.6. The summed E-state index contributed by atoms with van der Waals surface area (Å²) >= 11 is 6.16. The van der Waals surface area contributed by atoms with Crippen molar-refractivity contribution >= 4 is 34.4 Å². The van der Waals surface area contributed by atoms with Crippen molar-refractivity contribution in [3.8, 4) is 5.75 Å². The molecule has 2 aromatic carbocycles. The van der Waals surface area contributed by atoms with Crippen LogP contribution in [0.2, 0.25) is 5.02 Å². The maximum absolute atomic E-state index is 12.6. The van der Waals surface area contributed by atoms with E-state index in [2.05, 4.69) is 21.4 Å². The lowest BCUT2D eigenvalue weighted by Crippen LogP contribution is -2.53. The number of aromatic nitrogens is 2. The van der Waals surface area contributed by atoms with Crippen molar-refractivity contribution in [2.24, 2.45) is 0 Å². The molecule has 8 heteroatoms. The van der Waals surface area contributed by atoms with Gasteiger partial charge in [-0.1, -0.05) is 29.8 Å². The highest BCUT2D eigenvalue weighted by Crippen LogP contribution is 2.45. The third kappa shape index (κ3) is 4.62. The van der Waals surface area contributed by atoms with E-state index in [1.165, 1.54) is 0 Å². The lowest BCUT2D eigenvalue weighted by atomic mass is 9.80. The van der Waals surface area contributed by atoms with Crippen LogP contribution in [0.1, 0.15) is 51.6 Å². The number of nitrogens with one attached hydrogen (secondary N) is 1. The molecule has 1 unspecified atom stereocenters. The number of fused-ring (bicyclic) bond motifs is 2. The summed E-state index contributed by atoms with van der Waals surface area (Å²) in [6.07, 6.45) is 3.53. The first-order valence-corrected chi connectivity index (χ1v) is 12.0. The molecule has 0 aliphatic carbocycles. The van der Waals surface area contributed by atoms with Gasteiger partial charge in [0.05, 0.1) is 11.6 Å². The lowest BCUT2D eigenvalue weighted by Gasteiger charge is -2.47. The number of amides is 1. The largest absolute Gasteiger partial charge is 0.487 e. The number of hydrogen-bond donors (Lipinski definition) is 1. The summed E-state index contributed by atoms with van der Waals surface area (Å²) in [6.45, 7) is 6.85. The zero-order chi connectivity index (χ0) is 23.9. The van der Waals surface area contributed by atoms with Gasteiger partial charge in [0.25, 0.3) is 0 Å². The molecule has 0 saturated carbocycles. The number of ether oxygens (including phenoxy) is 2. The molecular formula is C26H29ClN4O3. The van der Waals surface area contributed by atoms with Gasteiger partial charge in [-0.05, 0) is 45.0 Å². The van der Waals surface area contributed by atoms with E-state index in [-0.39, 0.29) is 17.7 Å². The van der Waals surface area contributed by atoms with Crippen LogP contribution in [0.25, 0.3) is 10.9 Å².